The number of aliphatic imine (C=N–C) groups is 2. The number of nitrogens with zero attached hydrogens (tertiary/aromatic N) is 2. The molecule has 6 saturated heterocycles. The highest BCUT2D eigenvalue weighted by atomic mass is 16.8. The molecule has 16 heteroatoms. The van der Waals surface area contributed by atoms with Crippen LogP contribution >= 0.6 is 0 Å². The van der Waals surface area contributed by atoms with Gasteiger partial charge in [0.05, 0.1) is 26.4 Å². The molecule has 78 heavy (non-hydrogen) atoms. The minimum absolute atomic E-state index is 0.113. The topological polar surface area (TPSA) is 176 Å². The van der Waals surface area contributed by atoms with Crippen molar-refractivity contribution in [1.29, 1.82) is 0 Å². The molecule has 422 valence electrons. The molecule has 4 aromatic carbocycles. The summed E-state index contributed by atoms with van der Waals surface area (Å²) in [5, 5.41) is 24.2. The Morgan fingerprint density at radius 1 is 0.500 bits per heavy atom. The summed E-state index contributed by atoms with van der Waals surface area (Å²) in [6.45, 7) is 28.4. The zero-order valence-corrected chi connectivity index (χ0v) is 47.7. The van der Waals surface area contributed by atoms with Crippen molar-refractivity contribution in [3.63, 3.8) is 0 Å². The second kappa shape index (κ2) is 21.3. The van der Waals surface area contributed by atoms with Gasteiger partial charge in [-0.2, -0.15) is 0 Å². The number of hydrogen-bond acceptors (Lipinski definition) is 16. The second-order valence-corrected chi connectivity index (χ2v) is 25.4. The van der Waals surface area contributed by atoms with Crippen molar-refractivity contribution < 1.29 is 67.1 Å². The van der Waals surface area contributed by atoms with Crippen LogP contribution in [-0.4, -0.2) is 120 Å². The molecule has 0 bridgehead atoms. The van der Waals surface area contributed by atoms with E-state index in [0.717, 1.165) is 33.4 Å². The van der Waals surface area contributed by atoms with Crippen LogP contribution in [0.15, 0.2) is 94.9 Å². The van der Waals surface area contributed by atoms with Gasteiger partial charge in [-0.25, -0.2) is 0 Å². The summed E-state index contributed by atoms with van der Waals surface area (Å²) in [5.74, 6) is -2.97. The van der Waals surface area contributed by atoms with Crippen molar-refractivity contribution in [3.05, 3.63) is 129 Å². The lowest BCUT2D eigenvalue weighted by molar-refractivity contribution is -0.250. The van der Waals surface area contributed by atoms with Gasteiger partial charge in [0.15, 0.2) is 35.7 Å². The molecule has 6 aliphatic rings. The van der Waals surface area contributed by atoms with Gasteiger partial charge < -0.3 is 67.1 Å². The van der Waals surface area contributed by atoms with E-state index in [1.54, 1.807) is 12.4 Å². The molecule has 6 aliphatic heterocycles. The lowest BCUT2D eigenvalue weighted by Gasteiger charge is -2.27. The molecule has 0 aromatic heterocycles. The highest BCUT2D eigenvalue weighted by Crippen LogP contribution is 2.46. The van der Waals surface area contributed by atoms with Crippen LogP contribution < -0.4 is 0 Å². The maximum absolute atomic E-state index is 12.1. The molecule has 0 unspecified atom stereocenters. The summed E-state index contributed by atoms with van der Waals surface area (Å²) >= 11 is 0. The van der Waals surface area contributed by atoms with E-state index in [1.165, 1.54) is 0 Å². The highest BCUT2D eigenvalue weighted by molar-refractivity contribution is 5.86. The molecule has 12 atom stereocenters. The zero-order chi connectivity index (χ0) is 55.7. The van der Waals surface area contributed by atoms with Gasteiger partial charge in [-0.15, -0.1) is 0 Å². The van der Waals surface area contributed by atoms with E-state index in [4.69, 9.17) is 66.8 Å². The number of phenols is 2. The van der Waals surface area contributed by atoms with Crippen LogP contribution in [0.5, 0.6) is 11.5 Å². The van der Waals surface area contributed by atoms with Gasteiger partial charge in [0, 0.05) is 34.7 Å². The third kappa shape index (κ3) is 12.3. The average Bonchev–Trinajstić information content (AvgIpc) is 4.25. The summed E-state index contributed by atoms with van der Waals surface area (Å²) in [7, 11) is 0. The van der Waals surface area contributed by atoms with Gasteiger partial charge >= 0.3 is 0 Å². The summed E-state index contributed by atoms with van der Waals surface area (Å²) in [5.41, 5.74) is 4.97. The number of ether oxygens (including phenoxy) is 12. The molecule has 2 N–H and O–H groups in total. The largest absolute Gasteiger partial charge is 0.507 e. The van der Waals surface area contributed by atoms with E-state index in [1.807, 2.05) is 140 Å². The molecule has 4 aromatic rings. The standard InChI is InChI=1S/C62H80N2O14/c1-57(2,3)41-27-35(31-67-55-53-51(75-61(11,12)77-53)49(71-55)43-33-69-59(7,8)73-43)25-39(47(41)65)29-63-45(37-21-17-15-18-22-37)46(38-23-19-16-20-24-38)64-30-40-26-36(28-42(48(40)66)58(4,5)6)32-68-56-54-52(76-62(13,14)78-54)50(72-56)44-34-70-60(9,10)74-44/h15-30,43-46,49-56,65-66H,31-34H2,1-14H3/t43-,44+,45-,46-,49-,50+,51+,52-,53+,54-,55-,56+/m0/s1. The average molecular weight is 1080 g/mol. The number of phenolic OH excluding ortho intramolecular Hbond substituents is 2. The monoisotopic (exact) mass is 1080 g/mol. The Hall–Kier alpha value is -4.66. The molecule has 6 fully saturated rings. The predicted molar refractivity (Wildman–Crippen MR) is 292 cm³/mol. The van der Waals surface area contributed by atoms with E-state index in [9.17, 15) is 10.2 Å². The minimum Gasteiger partial charge on any atom is -0.507 e. The van der Waals surface area contributed by atoms with Gasteiger partial charge in [0.2, 0.25) is 0 Å². The molecule has 0 aliphatic carbocycles. The zero-order valence-electron chi connectivity index (χ0n) is 47.7. The molecular formula is C62H80N2O14. The number of benzene rings is 4. The van der Waals surface area contributed by atoms with Crippen molar-refractivity contribution >= 4 is 12.4 Å². The third-order valence-corrected chi connectivity index (χ3v) is 15.1. The molecule has 0 amide bonds. The Kier molecular flexibility index (Phi) is 15.5. The fourth-order valence-corrected chi connectivity index (χ4v) is 11.4. The first-order valence-corrected chi connectivity index (χ1v) is 27.4. The molecule has 10 rings (SSSR count). The second-order valence-electron chi connectivity index (χ2n) is 25.4. The van der Waals surface area contributed by atoms with Gasteiger partial charge in [-0.3, -0.25) is 9.98 Å². The SMILES string of the molecule is CC1(C)O[C@@H]2[C@H](O1)[C@H](OCc1cc(C=N[C@@H](c3ccccc3)[C@@H](N=Cc3cc(CO[C@H]4O[C@@H]([C@@H]5COC(C)(C)O5)[C@H]5OC(C)(C)O[C@@H]45)cc(C(C)(C)C)c3O)c3ccccc3)c(O)c(C(C)(C)C)c1)O[C@@H]2[C@H]1COC(C)(C)O1. The van der Waals surface area contributed by atoms with Crippen LogP contribution in [0.4, 0.5) is 0 Å². The van der Waals surface area contributed by atoms with E-state index in [2.05, 4.69) is 41.5 Å². The summed E-state index contributed by atoms with van der Waals surface area (Å²) < 4.78 is 76.0. The lowest BCUT2D eigenvalue weighted by atomic mass is 9.84. The highest BCUT2D eigenvalue weighted by Gasteiger charge is 2.61. The number of rotatable bonds is 15. The Labute approximate surface area is 459 Å². The Balaban J connectivity index is 0.947. The maximum Gasteiger partial charge on any atom is 0.187 e. The first-order chi connectivity index (χ1) is 36.6. The van der Waals surface area contributed by atoms with Gasteiger partial charge in [0.1, 0.15) is 72.4 Å². The van der Waals surface area contributed by atoms with Gasteiger partial charge in [0.25, 0.3) is 0 Å². The van der Waals surface area contributed by atoms with Crippen molar-refractivity contribution in [2.45, 2.75) is 218 Å². The fourth-order valence-electron chi connectivity index (χ4n) is 11.4. The summed E-state index contributed by atoms with van der Waals surface area (Å²) in [6, 6.07) is 26.5. The normalized spacial score (nSPS) is 30.8. The lowest BCUT2D eigenvalue weighted by Crippen LogP contribution is -2.40. The van der Waals surface area contributed by atoms with E-state index in [-0.39, 0.29) is 36.9 Å². The fraction of sp³-hybridized carbons (Fsp3) is 0.581. The smallest absolute Gasteiger partial charge is 0.187 e. The predicted octanol–water partition coefficient (Wildman–Crippen LogP) is 10.5. The third-order valence-electron chi connectivity index (χ3n) is 15.1. The molecule has 0 saturated carbocycles. The first kappa shape index (κ1) is 56.6. The first-order valence-electron chi connectivity index (χ1n) is 27.4. The number of hydrogen-bond donors (Lipinski definition) is 2. The Morgan fingerprint density at radius 2 is 0.859 bits per heavy atom. The van der Waals surface area contributed by atoms with Crippen LogP contribution in [0, 0.1) is 0 Å². The van der Waals surface area contributed by atoms with Crippen molar-refractivity contribution in [2.75, 3.05) is 13.2 Å². The Morgan fingerprint density at radius 3 is 1.19 bits per heavy atom. The van der Waals surface area contributed by atoms with Gasteiger partial charge in [-0.1, -0.05) is 102 Å². The van der Waals surface area contributed by atoms with Crippen LogP contribution in [0.1, 0.15) is 154 Å². The maximum atomic E-state index is 12.1. The molecule has 0 radical (unpaired) electrons. The van der Waals surface area contributed by atoms with Crippen LogP contribution in [0.25, 0.3) is 0 Å². The minimum atomic E-state index is -0.847. The molecule has 6 heterocycles. The van der Waals surface area contributed by atoms with Crippen molar-refractivity contribution in [3.8, 4) is 11.5 Å². The molecule has 0 spiro atoms. The number of fused-ring (bicyclic) bond motifs is 2. The van der Waals surface area contributed by atoms with Crippen LogP contribution in [0.3, 0.4) is 0 Å². The molecular weight excluding hydrogens is 997 g/mol. The molecule has 16 nitrogen and oxygen atoms in total. The van der Waals surface area contributed by atoms with E-state index >= 15 is 0 Å². The van der Waals surface area contributed by atoms with Crippen LogP contribution in [-0.2, 0) is 80.9 Å². The Bertz CT molecular complexity index is 2630. The summed E-state index contributed by atoms with van der Waals surface area (Å²) in [6.07, 6.45) is -1.60. The van der Waals surface area contributed by atoms with E-state index in [0.29, 0.717) is 24.3 Å². The number of aromatic hydroxyl groups is 2. The van der Waals surface area contributed by atoms with E-state index < -0.39 is 95.3 Å². The van der Waals surface area contributed by atoms with Gasteiger partial charge in [-0.05, 0) is 113 Å². The van der Waals surface area contributed by atoms with Crippen molar-refractivity contribution in [1.82, 2.24) is 0 Å². The van der Waals surface area contributed by atoms with Crippen LogP contribution in [0.2, 0.25) is 0 Å². The quantitative estimate of drug-likeness (QED) is 0.108. The van der Waals surface area contributed by atoms with Crippen molar-refractivity contribution in [2.24, 2.45) is 9.98 Å². The summed E-state index contributed by atoms with van der Waals surface area (Å²) in [4.78, 5) is 10.7.